The molecule has 0 aliphatic rings. The topological polar surface area (TPSA) is 72.8 Å². The van der Waals surface area contributed by atoms with Crippen molar-refractivity contribution in [2.75, 3.05) is 38.8 Å². The van der Waals surface area contributed by atoms with Gasteiger partial charge in [-0.15, -0.1) is 0 Å². The zero-order valence-electron chi connectivity index (χ0n) is 11.7. The van der Waals surface area contributed by atoms with Crippen LogP contribution in [0.3, 0.4) is 0 Å². The fourth-order valence-electron chi connectivity index (χ4n) is 1.52. The van der Waals surface area contributed by atoms with Gasteiger partial charge in [0.1, 0.15) is 0 Å². The molecule has 0 atom stereocenters. The maximum atomic E-state index is 12.4. The molecule has 5 nitrogen and oxygen atoms in total. The zero-order valence-corrected chi connectivity index (χ0v) is 12.5. The van der Waals surface area contributed by atoms with Gasteiger partial charge >= 0.3 is 6.18 Å². The number of hydrogen-bond donors (Lipinski definition) is 1. The highest BCUT2D eigenvalue weighted by atomic mass is 32.2. The van der Waals surface area contributed by atoms with E-state index in [4.69, 9.17) is 14.6 Å². The van der Waals surface area contributed by atoms with E-state index >= 15 is 0 Å². The van der Waals surface area contributed by atoms with E-state index in [-0.39, 0.29) is 43.7 Å². The number of alkyl halides is 3. The van der Waals surface area contributed by atoms with Crippen molar-refractivity contribution < 1.29 is 36.2 Å². The molecule has 1 aromatic carbocycles. The average Bonchev–Trinajstić information content (AvgIpc) is 2.45. The second-order valence-electron chi connectivity index (χ2n) is 4.29. The minimum atomic E-state index is -4.50. The number of halogens is 3. The Balaban J connectivity index is 2.46. The Morgan fingerprint density at radius 3 is 2.00 bits per heavy atom. The molecule has 0 fully saturated rings. The molecule has 0 spiro atoms. The Hall–Kier alpha value is -1.16. The van der Waals surface area contributed by atoms with Crippen LogP contribution in [0.5, 0.6) is 0 Å². The maximum Gasteiger partial charge on any atom is 0.416 e. The van der Waals surface area contributed by atoms with Crippen LogP contribution in [-0.2, 0) is 25.5 Å². The molecule has 9 heteroatoms. The van der Waals surface area contributed by atoms with Gasteiger partial charge in [-0.25, -0.2) is 8.42 Å². The molecule has 0 bridgehead atoms. The highest BCUT2D eigenvalue weighted by Gasteiger charge is 2.30. The van der Waals surface area contributed by atoms with Crippen LogP contribution in [0.1, 0.15) is 5.56 Å². The minimum Gasteiger partial charge on any atom is -0.394 e. The molecule has 0 aliphatic heterocycles. The summed E-state index contributed by atoms with van der Waals surface area (Å²) in [5.41, 5.74) is -0.899. The Morgan fingerprint density at radius 1 is 0.955 bits per heavy atom. The first-order valence-electron chi connectivity index (χ1n) is 6.44. The van der Waals surface area contributed by atoms with E-state index in [2.05, 4.69) is 0 Å². The third-order valence-electron chi connectivity index (χ3n) is 2.64. The standard InChI is InChI=1S/C13H17F3O5S/c14-13(15,16)11-1-3-12(4-2-11)22(18,19)10-9-21-8-7-20-6-5-17/h1-4,17H,5-10H2. The summed E-state index contributed by atoms with van der Waals surface area (Å²) in [7, 11) is -3.69. The van der Waals surface area contributed by atoms with Crippen LogP contribution >= 0.6 is 0 Å². The van der Waals surface area contributed by atoms with Gasteiger partial charge in [0, 0.05) is 0 Å². The van der Waals surface area contributed by atoms with Gasteiger partial charge in [0.05, 0.1) is 49.2 Å². The third kappa shape index (κ3) is 6.30. The first kappa shape index (κ1) is 18.9. The molecule has 0 aromatic heterocycles. The van der Waals surface area contributed by atoms with E-state index in [0.29, 0.717) is 0 Å². The molecule has 0 saturated heterocycles. The second-order valence-corrected chi connectivity index (χ2v) is 6.40. The molecular weight excluding hydrogens is 325 g/mol. The van der Waals surface area contributed by atoms with Crippen LogP contribution in [0.4, 0.5) is 13.2 Å². The normalized spacial score (nSPS) is 12.5. The highest BCUT2D eigenvalue weighted by molar-refractivity contribution is 7.91. The summed E-state index contributed by atoms with van der Waals surface area (Å²) in [4.78, 5) is -0.180. The van der Waals surface area contributed by atoms with Crippen molar-refractivity contribution in [2.24, 2.45) is 0 Å². The van der Waals surface area contributed by atoms with E-state index in [1.807, 2.05) is 0 Å². The summed E-state index contributed by atoms with van der Waals surface area (Å²) < 4.78 is 71.0. The van der Waals surface area contributed by atoms with E-state index in [1.165, 1.54) is 0 Å². The summed E-state index contributed by atoms with van der Waals surface area (Å²) >= 11 is 0. The molecule has 1 aromatic rings. The zero-order chi connectivity index (χ0) is 16.6. The van der Waals surface area contributed by atoms with Crippen molar-refractivity contribution in [1.29, 1.82) is 0 Å². The molecule has 0 heterocycles. The van der Waals surface area contributed by atoms with E-state index in [1.54, 1.807) is 0 Å². The van der Waals surface area contributed by atoms with Crippen molar-refractivity contribution in [3.05, 3.63) is 29.8 Å². The van der Waals surface area contributed by atoms with Crippen LogP contribution in [0, 0.1) is 0 Å². The minimum absolute atomic E-state index is 0.0914. The van der Waals surface area contributed by atoms with Crippen LogP contribution in [0.2, 0.25) is 0 Å². The second kappa shape index (κ2) is 8.47. The summed E-state index contributed by atoms with van der Waals surface area (Å²) in [5.74, 6) is -0.335. The Kier molecular flexibility index (Phi) is 7.27. The molecule has 0 amide bonds. The highest BCUT2D eigenvalue weighted by Crippen LogP contribution is 2.29. The van der Waals surface area contributed by atoms with Crippen molar-refractivity contribution in [3.8, 4) is 0 Å². The van der Waals surface area contributed by atoms with E-state index in [9.17, 15) is 21.6 Å². The molecule has 0 radical (unpaired) electrons. The van der Waals surface area contributed by atoms with Crippen LogP contribution in [0.25, 0.3) is 0 Å². The maximum absolute atomic E-state index is 12.4. The van der Waals surface area contributed by atoms with Gasteiger partial charge < -0.3 is 14.6 Å². The first-order valence-corrected chi connectivity index (χ1v) is 8.09. The smallest absolute Gasteiger partial charge is 0.394 e. The lowest BCUT2D eigenvalue weighted by Crippen LogP contribution is -2.15. The molecule has 1 N–H and O–H groups in total. The van der Waals surface area contributed by atoms with Gasteiger partial charge in [-0.2, -0.15) is 13.2 Å². The van der Waals surface area contributed by atoms with Gasteiger partial charge in [-0.3, -0.25) is 0 Å². The van der Waals surface area contributed by atoms with Gasteiger partial charge in [0.25, 0.3) is 0 Å². The third-order valence-corrected chi connectivity index (χ3v) is 4.34. The van der Waals surface area contributed by atoms with Gasteiger partial charge in [0.2, 0.25) is 0 Å². The van der Waals surface area contributed by atoms with E-state index < -0.39 is 21.6 Å². The molecule has 0 aliphatic carbocycles. The van der Waals surface area contributed by atoms with E-state index in [0.717, 1.165) is 24.3 Å². The lowest BCUT2D eigenvalue weighted by molar-refractivity contribution is -0.137. The van der Waals surface area contributed by atoms with Crippen molar-refractivity contribution >= 4 is 9.84 Å². The van der Waals surface area contributed by atoms with Gasteiger partial charge in [-0.05, 0) is 24.3 Å². The fourth-order valence-corrected chi connectivity index (χ4v) is 2.65. The number of ether oxygens (including phenoxy) is 2. The van der Waals surface area contributed by atoms with Gasteiger partial charge in [-0.1, -0.05) is 0 Å². The SMILES string of the molecule is O=S(=O)(CCOCCOCCO)c1ccc(C(F)(F)F)cc1. The summed E-state index contributed by atoms with van der Waals surface area (Å²) in [5, 5.41) is 8.46. The molecule has 126 valence electrons. The quantitative estimate of drug-likeness (QED) is 0.689. The number of aliphatic hydroxyl groups is 1. The molecule has 0 unspecified atom stereocenters. The Labute approximate surface area is 126 Å². The largest absolute Gasteiger partial charge is 0.416 e. The number of rotatable bonds is 9. The van der Waals surface area contributed by atoms with Crippen LogP contribution in [-0.4, -0.2) is 52.3 Å². The predicted molar refractivity (Wildman–Crippen MR) is 72.2 cm³/mol. The molecule has 22 heavy (non-hydrogen) atoms. The summed E-state index contributed by atoms with van der Waals surface area (Å²) in [6.07, 6.45) is -4.50. The monoisotopic (exact) mass is 342 g/mol. The van der Waals surface area contributed by atoms with Crippen molar-refractivity contribution in [2.45, 2.75) is 11.1 Å². The van der Waals surface area contributed by atoms with Crippen molar-refractivity contribution in [1.82, 2.24) is 0 Å². The van der Waals surface area contributed by atoms with Crippen LogP contribution < -0.4 is 0 Å². The Morgan fingerprint density at radius 2 is 1.50 bits per heavy atom. The summed E-state index contributed by atoms with van der Waals surface area (Å²) in [6.45, 7) is 0.366. The molecule has 1 rings (SSSR count). The number of hydrogen-bond acceptors (Lipinski definition) is 5. The lowest BCUT2D eigenvalue weighted by atomic mass is 10.2. The number of sulfone groups is 1. The number of aliphatic hydroxyl groups excluding tert-OH is 1. The van der Waals surface area contributed by atoms with Crippen molar-refractivity contribution in [3.63, 3.8) is 0 Å². The average molecular weight is 342 g/mol. The first-order chi connectivity index (χ1) is 10.3. The predicted octanol–water partition coefficient (Wildman–Crippen LogP) is 1.50. The summed E-state index contributed by atoms with van der Waals surface area (Å²) in [6, 6.07) is 3.33. The molecular formula is C13H17F3O5S. The van der Waals surface area contributed by atoms with Gasteiger partial charge in [0.15, 0.2) is 9.84 Å². The number of benzene rings is 1. The van der Waals surface area contributed by atoms with Crippen LogP contribution in [0.15, 0.2) is 29.2 Å². The molecule has 0 saturated carbocycles. The lowest BCUT2D eigenvalue weighted by Gasteiger charge is -2.09. The fraction of sp³-hybridized carbons (Fsp3) is 0.538. The Bertz CT molecular complexity index is 540.